The maximum atomic E-state index is 13.5. The Kier molecular flexibility index (Phi) is 3.94. The van der Waals surface area contributed by atoms with E-state index in [2.05, 4.69) is 16.8 Å². The predicted molar refractivity (Wildman–Crippen MR) is 79.8 cm³/mol. The summed E-state index contributed by atoms with van der Waals surface area (Å²) in [5, 5.41) is 0. The molecule has 3 rings (SSSR count). The molecule has 2 heterocycles. The fraction of sp³-hybridized carbons (Fsp3) is 0.625. The number of hydrogen-bond donors (Lipinski definition) is 1. The van der Waals surface area contributed by atoms with Crippen molar-refractivity contribution in [3.05, 3.63) is 29.6 Å². The van der Waals surface area contributed by atoms with Gasteiger partial charge in [-0.1, -0.05) is 6.07 Å². The largest absolute Gasteiger partial charge is 0.396 e. The van der Waals surface area contributed by atoms with Gasteiger partial charge in [-0.25, -0.2) is 4.39 Å². The van der Waals surface area contributed by atoms with E-state index in [9.17, 15) is 4.39 Å². The van der Waals surface area contributed by atoms with Gasteiger partial charge in [0.15, 0.2) is 0 Å². The van der Waals surface area contributed by atoms with Crippen LogP contribution in [0.4, 0.5) is 10.1 Å². The van der Waals surface area contributed by atoms with Crippen molar-refractivity contribution in [1.29, 1.82) is 0 Å². The second kappa shape index (κ2) is 5.70. The van der Waals surface area contributed by atoms with Crippen molar-refractivity contribution in [2.45, 2.75) is 31.8 Å². The van der Waals surface area contributed by atoms with Crippen LogP contribution < -0.4 is 5.73 Å². The van der Waals surface area contributed by atoms with E-state index in [0.717, 1.165) is 37.2 Å². The molecule has 4 heteroatoms. The maximum absolute atomic E-state index is 13.5. The summed E-state index contributed by atoms with van der Waals surface area (Å²) >= 11 is 0. The third-order valence-corrected chi connectivity index (χ3v) is 4.90. The first kappa shape index (κ1) is 13.8. The number of nitrogens with two attached hydrogens (primary N) is 1. The second-order valence-electron chi connectivity index (χ2n) is 6.33. The van der Waals surface area contributed by atoms with Crippen LogP contribution in [0.15, 0.2) is 18.2 Å². The summed E-state index contributed by atoms with van der Waals surface area (Å²) in [6.45, 7) is 4.33. The molecule has 2 fully saturated rings. The van der Waals surface area contributed by atoms with Gasteiger partial charge in [0.1, 0.15) is 5.82 Å². The molecule has 2 unspecified atom stereocenters. The van der Waals surface area contributed by atoms with Crippen LogP contribution in [-0.4, -0.2) is 42.5 Å². The smallest absolute Gasteiger partial charge is 0.146 e. The van der Waals surface area contributed by atoms with E-state index < -0.39 is 0 Å². The number of likely N-dealkylation sites (tertiary alicyclic amines) is 2. The van der Waals surface area contributed by atoms with Crippen LogP contribution in [0.25, 0.3) is 0 Å². The number of fused-ring (bicyclic) bond motifs is 1. The van der Waals surface area contributed by atoms with Gasteiger partial charge in [0.25, 0.3) is 0 Å². The van der Waals surface area contributed by atoms with E-state index in [1.165, 1.54) is 25.8 Å². The minimum absolute atomic E-state index is 0.237. The van der Waals surface area contributed by atoms with Crippen molar-refractivity contribution >= 4 is 5.69 Å². The number of nitrogens with zero attached hydrogens (tertiary/aromatic N) is 2. The number of nitrogen functional groups attached to an aromatic ring is 1. The highest BCUT2D eigenvalue weighted by Gasteiger charge is 2.33. The van der Waals surface area contributed by atoms with E-state index in [0.29, 0.717) is 0 Å². The van der Waals surface area contributed by atoms with Crippen molar-refractivity contribution in [3.8, 4) is 0 Å². The molecular formula is C16H24FN3. The Morgan fingerprint density at radius 1 is 1.30 bits per heavy atom. The van der Waals surface area contributed by atoms with Gasteiger partial charge < -0.3 is 10.6 Å². The zero-order valence-electron chi connectivity index (χ0n) is 12.2. The minimum atomic E-state index is -0.296. The monoisotopic (exact) mass is 277 g/mol. The Labute approximate surface area is 120 Å². The number of anilines is 1. The lowest BCUT2D eigenvalue weighted by atomic mass is 9.84. The van der Waals surface area contributed by atoms with Crippen LogP contribution in [0.1, 0.15) is 24.8 Å². The molecule has 20 heavy (non-hydrogen) atoms. The normalized spacial score (nSPS) is 28.3. The fourth-order valence-corrected chi connectivity index (χ4v) is 3.80. The van der Waals surface area contributed by atoms with Gasteiger partial charge in [-0.3, -0.25) is 4.90 Å². The highest BCUT2D eigenvalue weighted by Crippen LogP contribution is 2.30. The van der Waals surface area contributed by atoms with Gasteiger partial charge >= 0.3 is 0 Å². The van der Waals surface area contributed by atoms with Gasteiger partial charge in [0.2, 0.25) is 0 Å². The van der Waals surface area contributed by atoms with Gasteiger partial charge in [-0.2, -0.15) is 0 Å². The molecule has 3 nitrogen and oxygen atoms in total. The van der Waals surface area contributed by atoms with Crippen LogP contribution in [-0.2, 0) is 6.54 Å². The Morgan fingerprint density at radius 3 is 2.95 bits per heavy atom. The first-order valence-corrected chi connectivity index (χ1v) is 7.60. The summed E-state index contributed by atoms with van der Waals surface area (Å²) in [6.07, 6.45) is 3.88. The minimum Gasteiger partial charge on any atom is -0.396 e. The lowest BCUT2D eigenvalue weighted by molar-refractivity contribution is 0.0354. The number of halogens is 1. The van der Waals surface area contributed by atoms with Gasteiger partial charge in [0, 0.05) is 19.1 Å². The first-order chi connectivity index (χ1) is 9.63. The van der Waals surface area contributed by atoms with Gasteiger partial charge in [0.05, 0.1) is 5.69 Å². The summed E-state index contributed by atoms with van der Waals surface area (Å²) in [5.41, 5.74) is 6.79. The van der Waals surface area contributed by atoms with Crippen molar-refractivity contribution in [2.24, 2.45) is 5.92 Å². The highest BCUT2D eigenvalue weighted by atomic mass is 19.1. The van der Waals surface area contributed by atoms with E-state index in [4.69, 9.17) is 5.73 Å². The standard InChI is InChI=1S/C16H24FN3/c1-19-7-2-3-13-11-20(8-6-16(13)19)10-12-4-5-15(18)14(17)9-12/h4-5,9,13,16H,2-3,6-8,10-11,18H2,1H3. The van der Waals surface area contributed by atoms with Crippen molar-refractivity contribution in [3.63, 3.8) is 0 Å². The third-order valence-electron chi connectivity index (χ3n) is 4.90. The summed E-state index contributed by atoms with van der Waals surface area (Å²) in [5.74, 6) is 0.482. The maximum Gasteiger partial charge on any atom is 0.146 e. The zero-order chi connectivity index (χ0) is 14.1. The summed E-state index contributed by atoms with van der Waals surface area (Å²) in [4.78, 5) is 4.99. The van der Waals surface area contributed by atoms with Gasteiger partial charge in [-0.05, 0) is 63.0 Å². The molecule has 2 aliphatic rings. The lowest BCUT2D eigenvalue weighted by Gasteiger charge is -2.46. The molecule has 0 spiro atoms. The van der Waals surface area contributed by atoms with Crippen LogP contribution in [0.3, 0.4) is 0 Å². The highest BCUT2D eigenvalue weighted by molar-refractivity contribution is 5.41. The molecule has 0 bridgehead atoms. The van der Waals surface area contributed by atoms with E-state index in [1.54, 1.807) is 12.1 Å². The van der Waals surface area contributed by atoms with Crippen LogP contribution in [0.5, 0.6) is 0 Å². The Morgan fingerprint density at radius 2 is 2.15 bits per heavy atom. The Balaban J connectivity index is 1.63. The average Bonchev–Trinajstić information content (AvgIpc) is 2.43. The molecule has 0 amide bonds. The van der Waals surface area contributed by atoms with Crippen molar-refractivity contribution in [1.82, 2.24) is 9.80 Å². The van der Waals surface area contributed by atoms with E-state index in [1.807, 2.05) is 6.07 Å². The van der Waals surface area contributed by atoms with Crippen LogP contribution in [0.2, 0.25) is 0 Å². The molecule has 2 atom stereocenters. The molecule has 110 valence electrons. The predicted octanol–water partition coefficient (Wildman–Crippen LogP) is 2.32. The molecule has 0 aliphatic carbocycles. The first-order valence-electron chi connectivity index (χ1n) is 7.60. The molecule has 1 aromatic carbocycles. The molecule has 2 aliphatic heterocycles. The summed E-state index contributed by atoms with van der Waals surface area (Å²) in [7, 11) is 2.25. The van der Waals surface area contributed by atoms with Crippen LogP contribution in [0, 0.1) is 11.7 Å². The molecule has 0 saturated carbocycles. The average molecular weight is 277 g/mol. The van der Waals surface area contributed by atoms with Crippen LogP contribution >= 0.6 is 0 Å². The second-order valence-corrected chi connectivity index (χ2v) is 6.33. The van der Waals surface area contributed by atoms with Gasteiger partial charge in [-0.15, -0.1) is 0 Å². The summed E-state index contributed by atoms with van der Waals surface area (Å²) in [6, 6.07) is 5.95. The number of rotatable bonds is 2. The molecule has 1 aromatic rings. The molecule has 2 saturated heterocycles. The summed E-state index contributed by atoms with van der Waals surface area (Å²) < 4.78 is 13.5. The molecular weight excluding hydrogens is 253 g/mol. The topological polar surface area (TPSA) is 32.5 Å². The Bertz CT molecular complexity index is 477. The fourth-order valence-electron chi connectivity index (χ4n) is 3.80. The van der Waals surface area contributed by atoms with E-state index in [-0.39, 0.29) is 11.5 Å². The third kappa shape index (κ3) is 2.81. The number of hydrogen-bond acceptors (Lipinski definition) is 3. The number of benzene rings is 1. The lowest BCUT2D eigenvalue weighted by Crippen LogP contribution is -2.52. The quantitative estimate of drug-likeness (QED) is 0.842. The molecule has 2 N–H and O–H groups in total. The van der Waals surface area contributed by atoms with Crippen molar-refractivity contribution in [2.75, 3.05) is 32.4 Å². The molecule has 0 aromatic heterocycles. The Hall–Kier alpha value is -1.13. The van der Waals surface area contributed by atoms with E-state index >= 15 is 0 Å². The number of piperidine rings is 2. The zero-order valence-corrected chi connectivity index (χ0v) is 12.2. The van der Waals surface area contributed by atoms with Crippen molar-refractivity contribution < 1.29 is 4.39 Å². The SMILES string of the molecule is CN1CCCC2CN(Cc3ccc(N)c(F)c3)CCC21. The molecule has 0 radical (unpaired) electrons.